The van der Waals surface area contributed by atoms with Crippen LogP contribution in [0.5, 0.6) is 5.75 Å². The maximum Gasteiger partial charge on any atom is 0.119 e. The quantitative estimate of drug-likeness (QED) is 0.114. The molecule has 14 aromatic carbocycles. The molecule has 0 N–H and O–H groups in total. The summed E-state index contributed by atoms with van der Waals surface area (Å²) in [6.07, 6.45) is 0. The predicted molar refractivity (Wildman–Crippen MR) is 363 cm³/mol. The molecule has 0 aliphatic heterocycles. The summed E-state index contributed by atoms with van der Waals surface area (Å²) < 4.78 is 5.31. The fourth-order valence-electron chi connectivity index (χ4n) is 11.5. The fourth-order valence-corrected chi connectivity index (χ4v) is 11.5. The second-order valence-corrected chi connectivity index (χ2v) is 21.6. The smallest absolute Gasteiger partial charge is 0.119 e. The lowest BCUT2D eigenvalue weighted by molar-refractivity contribution is 0.415. The van der Waals surface area contributed by atoms with Crippen molar-refractivity contribution in [3.8, 4) is 28.0 Å². The molecular weight excluding hydrogens is 1030 g/mol. The van der Waals surface area contributed by atoms with E-state index in [2.05, 4.69) is 344 Å². The van der Waals surface area contributed by atoms with Crippen molar-refractivity contribution in [2.45, 2.75) is 6.92 Å². The van der Waals surface area contributed by atoms with Gasteiger partial charge in [-0.25, -0.2) is 0 Å². The Labute approximate surface area is 498 Å². The third kappa shape index (κ3) is 11.5. The van der Waals surface area contributed by atoms with E-state index in [-0.39, 0.29) is 0 Å². The van der Waals surface area contributed by atoms with Crippen LogP contribution < -0.4 is 24.3 Å². The molecule has 5 heteroatoms. The van der Waals surface area contributed by atoms with Gasteiger partial charge in [-0.15, -0.1) is 0 Å². The number of benzene rings is 14. The third-order valence-electron chi connectivity index (χ3n) is 16.2. The Morgan fingerprint density at radius 3 is 0.800 bits per heavy atom. The van der Waals surface area contributed by atoms with E-state index in [0.29, 0.717) is 0 Å². The molecule has 14 rings (SSSR count). The maximum atomic E-state index is 5.31. The van der Waals surface area contributed by atoms with Crippen LogP contribution in [0.1, 0.15) is 5.56 Å². The van der Waals surface area contributed by atoms with Crippen molar-refractivity contribution >= 4 is 100.0 Å². The van der Waals surface area contributed by atoms with E-state index in [1.54, 1.807) is 7.11 Å². The van der Waals surface area contributed by atoms with Crippen molar-refractivity contribution in [1.29, 1.82) is 0 Å². The third-order valence-corrected chi connectivity index (χ3v) is 16.2. The summed E-state index contributed by atoms with van der Waals surface area (Å²) in [4.78, 5) is 9.10. The predicted octanol–water partition coefficient (Wildman–Crippen LogP) is 22.1. The molecular formula is C80H64N4O. The lowest BCUT2D eigenvalue weighted by atomic mass is 10.0. The average molecular weight is 1100 g/mol. The first-order valence-corrected chi connectivity index (χ1v) is 28.9. The van der Waals surface area contributed by atoms with E-state index >= 15 is 0 Å². The van der Waals surface area contributed by atoms with E-state index in [0.717, 1.165) is 51.2 Å². The largest absolute Gasteiger partial charge is 0.497 e. The van der Waals surface area contributed by atoms with Crippen molar-refractivity contribution < 1.29 is 4.74 Å². The van der Waals surface area contributed by atoms with Crippen LogP contribution in [-0.2, 0) is 0 Å². The molecule has 0 amide bonds. The monoisotopic (exact) mass is 1100 g/mol. The number of aryl methyl sites for hydroxylation is 1. The number of methoxy groups -OCH3 is 1. The second kappa shape index (κ2) is 23.9. The summed E-state index contributed by atoms with van der Waals surface area (Å²) in [5.74, 6) is 0.857. The van der Waals surface area contributed by atoms with Crippen LogP contribution in [0.4, 0.5) is 56.9 Å². The first kappa shape index (κ1) is 53.4. The Morgan fingerprint density at radius 2 is 0.494 bits per heavy atom. The molecule has 0 aliphatic carbocycles. The van der Waals surface area contributed by atoms with Gasteiger partial charge in [0.25, 0.3) is 0 Å². The lowest BCUT2D eigenvalue weighted by Crippen LogP contribution is -2.10. The van der Waals surface area contributed by atoms with Gasteiger partial charge in [0.2, 0.25) is 0 Å². The minimum absolute atomic E-state index is 0.857. The number of nitrogens with zero attached hydrogens (tertiary/aromatic N) is 4. The number of fused-ring (bicyclic) bond motifs is 4. The minimum atomic E-state index is 0.857. The van der Waals surface area contributed by atoms with Gasteiger partial charge in [0.1, 0.15) is 5.75 Å². The zero-order valence-electron chi connectivity index (χ0n) is 48.2. The average Bonchev–Trinajstić information content (AvgIpc) is 3.75. The van der Waals surface area contributed by atoms with Gasteiger partial charge in [-0.1, -0.05) is 182 Å². The van der Waals surface area contributed by atoms with Crippen LogP contribution >= 0.6 is 0 Å². The molecule has 0 spiro atoms. The Morgan fingerprint density at radius 1 is 0.224 bits per heavy atom. The molecule has 0 fully saturated rings. The zero-order chi connectivity index (χ0) is 57.6. The van der Waals surface area contributed by atoms with Gasteiger partial charge in [-0.3, -0.25) is 0 Å². The van der Waals surface area contributed by atoms with E-state index in [9.17, 15) is 0 Å². The van der Waals surface area contributed by atoms with Crippen molar-refractivity contribution in [2.75, 3.05) is 40.8 Å². The van der Waals surface area contributed by atoms with Gasteiger partial charge in [-0.2, -0.15) is 0 Å². The minimum Gasteiger partial charge on any atom is -0.497 e. The Bertz CT molecular complexity index is 4460. The molecule has 0 bridgehead atoms. The zero-order valence-corrected chi connectivity index (χ0v) is 48.2. The molecule has 0 unspecified atom stereocenters. The number of hydrogen-bond acceptors (Lipinski definition) is 5. The SMILES string of the molecule is COc1ccc(N(C)c2ccc(-c3ccc(N(c4ccc5ccccc5c4)c4ccc5ccccc5c4)cc3)cc2)cc1.Cc1cccc(N(C)c2ccc(-c3ccc(N(c4ccc5ccccc5c4)c4ccc5ccccc5c4)cc3)cc2)c1. The van der Waals surface area contributed by atoms with Crippen molar-refractivity contribution in [3.63, 3.8) is 0 Å². The van der Waals surface area contributed by atoms with E-state index in [1.165, 1.54) is 82.3 Å². The highest BCUT2D eigenvalue weighted by Crippen LogP contribution is 2.41. The highest BCUT2D eigenvalue weighted by molar-refractivity contribution is 5.95. The fraction of sp³-hybridized carbons (Fsp3) is 0.0500. The van der Waals surface area contributed by atoms with Gasteiger partial charge < -0.3 is 24.3 Å². The van der Waals surface area contributed by atoms with E-state index in [4.69, 9.17) is 4.74 Å². The van der Waals surface area contributed by atoms with Crippen LogP contribution in [0.25, 0.3) is 65.3 Å². The summed E-state index contributed by atoms with van der Waals surface area (Å²) in [6.45, 7) is 2.13. The standard InChI is InChI=1S/C40H32N2O.C40H32N2/c1-41(36-23-25-40(43-2)26-24-36)35-17-11-31(12-18-35)32-13-19-37(20-14-32)42(38-21-15-29-7-3-5-9-33(29)27-38)39-22-16-30-8-4-6-10-34(30)28-39;1-29-8-7-13-38(26-29)41(2)36-20-14-32(15-21-36)33-16-22-37(23-17-33)42(39-24-18-30-9-3-5-11-34(30)27-39)40-25-19-31-10-4-6-12-35(31)28-40/h3-28H,1-2H3;3-28H,1-2H3. The van der Waals surface area contributed by atoms with Crippen LogP contribution in [0.2, 0.25) is 0 Å². The molecule has 0 heterocycles. The highest BCUT2D eigenvalue weighted by atomic mass is 16.5. The van der Waals surface area contributed by atoms with Gasteiger partial charge in [-0.05, 0) is 211 Å². The summed E-state index contributed by atoms with van der Waals surface area (Å²) in [7, 11) is 5.89. The maximum absolute atomic E-state index is 5.31. The molecule has 0 aromatic heterocycles. The molecule has 410 valence electrons. The van der Waals surface area contributed by atoms with Crippen molar-refractivity contribution in [2.24, 2.45) is 0 Å². The number of rotatable bonds is 13. The Hall–Kier alpha value is -10.9. The summed E-state index contributed by atoms with van der Waals surface area (Å²) in [5, 5.41) is 9.87. The van der Waals surface area contributed by atoms with Crippen LogP contribution in [0.15, 0.2) is 315 Å². The first-order chi connectivity index (χ1) is 41.8. The molecule has 14 aromatic rings. The molecule has 0 saturated heterocycles. The Balaban J connectivity index is 0.000000158. The normalized spacial score (nSPS) is 11.1. The number of anilines is 10. The van der Waals surface area contributed by atoms with Crippen LogP contribution in [0.3, 0.4) is 0 Å². The molecule has 0 atom stereocenters. The van der Waals surface area contributed by atoms with Gasteiger partial charge in [0, 0.05) is 71.0 Å². The van der Waals surface area contributed by atoms with Gasteiger partial charge >= 0.3 is 0 Å². The summed E-state index contributed by atoms with van der Waals surface area (Å²) in [5.41, 5.74) is 17.4. The van der Waals surface area contributed by atoms with Gasteiger partial charge in [0.05, 0.1) is 7.11 Å². The molecule has 0 aliphatic rings. The van der Waals surface area contributed by atoms with Gasteiger partial charge in [0.15, 0.2) is 0 Å². The highest BCUT2D eigenvalue weighted by Gasteiger charge is 2.17. The van der Waals surface area contributed by atoms with E-state index < -0.39 is 0 Å². The second-order valence-electron chi connectivity index (χ2n) is 21.6. The topological polar surface area (TPSA) is 22.2 Å². The number of hydrogen-bond donors (Lipinski definition) is 0. The summed E-state index contributed by atoms with van der Waals surface area (Å²) in [6, 6.07) is 113. The molecule has 85 heavy (non-hydrogen) atoms. The van der Waals surface area contributed by atoms with Crippen LogP contribution in [-0.4, -0.2) is 21.2 Å². The molecule has 5 nitrogen and oxygen atoms in total. The van der Waals surface area contributed by atoms with Crippen molar-refractivity contribution in [1.82, 2.24) is 0 Å². The molecule has 0 saturated carbocycles. The Kier molecular flexibility index (Phi) is 15.0. The lowest BCUT2D eigenvalue weighted by Gasteiger charge is -2.26. The molecule has 0 radical (unpaired) electrons. The van der Waals surface area contributed by atoms with Crippen molar-refractivity contribution in [3.05, 3.63) is 321 Å². The summed E-state index contributed by atoms with van der Waals surface area (Å²) >= 11 is 0. The number of ether oxygens (including phenoxy) is 1. The van der Waals surface area contributed by atoms with E-state index in [1.807, 2.05) is 12.1 Å². The van der Waals surface area contributed by atoms with Crippen LogP contribution in [0, 0.1) is 6.92 Å². The first-order valence-electron chi connectivity index (χ1n) is 28.9.